The molecule has 0 saturated heterocycles. The molecular formula is C11H22N2O. The minimum atomic E-state index is 0.208. The van der Waals surface area contributed by atoms with E-state index in [1.165, 1.54) is 12.8 Å². The topological polar surface area (TPSA) is 32.3 Å². The largest absolute Gasteiger partial charge is 0.342 e. The van der Waals surface area contributed by atoms with Crippen molar-refractivity contribution in [2.75, 3.05) is 20.6 Å². The zero-order valence-corrected chi connectivity index (χ0v) is 9.71. The van der Waals surface area contributed by atoms with E-state index in [1.807, 2.05) is 19.0 Å². The van der Waals surface area contributed by atoms with Crippen molar-refractivity contribution in [1.29, 1.82) is 0 Å². The number of nitrogens with one attached hydrogen (secondary N) is 1. The average molecular weight is 198 g/mol. The van der Waals surface area contributed by atoms with E-state index in [1.54, 1.807) is 0 Å². The molecule has 0 bridgehead atoms. The fourth-order valence-corrected chi connectivity index (χ4v) is 1.97. The van der Waals surface area contributed by atoms with E-state index >= 15 is 0 Å². The predicted octanol–water partition coefficient (Wildman–Crippen LogP) is 1.10. The van der Waals surface area contributed by atoms with Gasteiger partial charge in [-0.2, -0.15) is 0 Å². The summed E-state index contributed by atoms with van der Waals surface area (Å²) < 4.78 is 0. The van der Waals surface area contributed by atoms with Crippen molar-refractivity contribution in [3.05, 3.63) is 0 Å². The minimum absolute atomic E-state index is 0.208. The van der Waals surface area contributed by atoms with Gasteiger partial charge >= 0.3 is 0 Å². The molecule has 0 aromatic rings. The SMILES string of the molecule is CNCC(=O)N(C)C1CC(C(C)C)C1. The Morgan fingerprint density at radius 3 is 2.50 bits per heavy atom. The van der Waals surface area contributed by atoms with Crippen LogP contribution < -0.4 is 5.32 Å². The molecule has 82 valence electrons. The molecule has 1 aliphatic carbocycles. The first-order chi connectivity index (χ1) is 6.56. The van der Waals surface area contributed by atoms with Gasteiger partial charge in [-0.3, -0.25) is 4.79 Å². The monoisotopic (exact) mass is 198 g/mol. The van der Waals surface area contributed by atoms with Gasteiger partial charge in [0.25, 0.3) is 0 Å². The van der Waals surface area contributed by atoms with Gasteiger partial charge in [-0.1, -0.05) is 13.8 Å². The summed E-state index contributed by atoms with van der Waals surface area (Å²) >= 11 is 0. The summed E-state index contributed by atoms with van der Waals surface area (Å²) in [5.41, 5.74) is 0. The quantitative estimate of drug-likeness (QED) is 0.733. The molecule has 3 heteroatoms. The summed E-state index contributed by atoms with van der Waals surface area (Å²) in [4.78, 5) is 13.4. The van der Waals surface area contributed by atoms with E-state index < -0.39 is 0 Å². The fourth-order valence-electron chi connectivity index (χ4n) is 1.97. The molecule has 0 radical (unpaired) electrons. The van der Waals surface area contributed by atoms with Crippen LogP contribution in [0.4, 0.5) is 0 Å². The lowest BCUT2D eigenvalue weighted by Gasteiger charge is -2.43. The van der Waals surface area contributed by atoms with E-state index in [2.05, 4.69) is 19.2 Å². The molecule has 0 aliphatic heterocycles. The Morgan fingerprint density at radius 2 is 2.07 bits per heavy atom. The van der Waals surface area contributed by atoms with Crippen LogP contribution in [0.3, 0.4) is 0 Å². The molecule has 1 rings (SSSR count). The molecule has 0 aromatic carbocycles. The number of hydrogen-bond acceptors (Lipinski definition) is 2. The van der Waals surface area contributed by atoms with Gasteiger partial charge in [-0.15, -0.1) is 0 Å². The molecule has 0 spiro atoms. The van der Waals surface area contributed by atoms with Crippen LogP contribution in [0, 0.1) is 11.8 Å². The highest BCUT2D eigenvalue weighted by molar-refractivity contribution is 5.78. The van der Waals surface area contributed by atoms with Crippen LogP contribution >= 0.6 is 0 Å². The van der Waals surface area contributed by atoms with Gasteiger partial charge in [-0.25, -0.2) is 0 Å². The molecule has 0 aromatic heterocycles. The Kier molecular flexibility index (Phi) is 3.93. The highest BCUT2D eigenvalue weighted by Crippen LogP contribution is 2.36. The lowest BCUT2D eigenvalue weighted by atomic mass is 9.73. The maximum atomic E-state index is 11.5. The van der Waals surface area contributed by atoms with Crippen molar-refractivity contribution in [3.63, 3.8) is 0 Å². The van der Waals surface area contributed by atoms with Gasteiger partial charge in [0.05, 0.1) is 6.54 Å². The Hall–Kier alpha value is -0.570. The van der Waals surface area contributed by atoms with E-state index in [9.17, 15) is 4.79 Å². The third-order valence-electron chi connectivity index (χ3n) is 3.36. The first-order valence-corrected chi connectivity index (χ1v) is 5.46. The number of rotatable bonds is 4. The van der Waals surface area contributed by atoms with Crippen LogP contribution in [0.25, 0.3) is 0 Å². The Morgan fingerprint density at radius 1 is 1.50 bits per heavy atom. The predicted molar refractivity (Wildman–Crippen MR) is 58.0 cm³/mol. The Bertz CT molecular complexity index is 197. The molecule has 1 saturated carbocycles. The third kappa shape index (κ3) is 2.47. The van der Waals surface area contributed by atoms with Crippen molar-refractivity contribution < 1.29 is 4.79 Å². The number of likely N-dealkylation sites (N-methyl/N-ethyl adjacent to an activating group) is 2. The van der Waals surface area contributed by atoms with Crippen molar-refractivity contribution in [3.8, 4) is 0 Å². The van der Waals surface area contributed by atoms with Gasteiger partial charge in [0, 0.05) is 13.1 Å². The zero-order valence-electron chi connectivity index (χ0n) is 9.71. The summed E-state index contributed by atoms with van der Waals surface area (Å²) in [7, 11) is 3.73. The average Bonchev–Trinajstić information content (AvgIpc) is 2.00. The van der Waals surface area contributed by atoms with Gasteiger partial charge in [-0.05, 0) is 31.7 Å². The molecule has 1 N–H and O–H groups in total. The fraction of sp³-hybridized carbons (Fsp3) is 0.909. The highest BCUT2D eigenvalue weighted by atomic mass is 16.2. The Balaban J connectivity index is 2.28. The molecule has 3 nitrogen and oxygen atoms in total. The summed E-state index contributed by atoms with van der Waals surface area (Å²) in [6, 6.07) is 0.489. The van der Waals surface area contributed by atoms with Crippen LogP contribution in [-0.4, -0.2) is 37.5 Å². The molecule has 1 amide bonds. The van der Waals surface area contributed by atoms with Crippen LogP contribution in [-0.2, 0) is 4.79 Å². The van der Waals surface area contributed by atoms with Crippen LogP contribution in [0.1, 0.15) is 26.7 Å². The first kappa shape index (κ1) is 11.5. The van der Waals surface area contributed by atoms with E-state index in [0.29, 0.717) is 12.6 Å². The van der Waals surface area contributed by atoms with Crippen LogP contribution in [0.15, 0.2) is 0 Å². The molecule has 0 unspecified atom stereocenters. The highest BCUT2D eigenvalue weighted by Gasteiger charge is 2.35. The van der Waals surface area contributed by atoms with Crippen LogP contribution in [0.2, 0.25) is 0 Å². The smallest absolute Gasteiger partial charge is 0.236 e. The number of carbonyl (C=O) groups excluding carboxylic acids is 1. The summed E-state index contributed by atoms with van der Waals surface area (Å²) in [5, 5.41) is 2.89. The summed E-state index contributed by atoms with van der Waals surface area (Å²) in [6.07, 6.45) is 2.37. The maximum Gasteiger partial charge on any atom is 0.236 e. The normalized spacial score (nSPS) is 26.1. The minimum Gasteiger partial charge on any atom is -0.342 e. The second kappa shape index (κ2) is 4.78. The second-order valence-corrected chi connectivity index (χ2v) is 4.66. The molecular weight excluding hydrogens is 176 g/mol. The summed E-state index contributed by atoms with van der Waals surface area (Å²) in [6.45, 7) is 4.98. The van der Waals surface area contributed by atoms with Gasteiger partial charge in [0.2, 0.25) is 5.91 Å². The number of carbonyl (C=O) groups is 1. The molecule has 0 heterocycles. The van der Waals surface area contributed by atoms with Gasteiger partial charge in [0.1, 0.15) is 0 Å². The van der Waals surface area contributed by atoms with E-state index in [-0.39, 0.29) is 5.91 Å². The standard InChI is InChI=1S/C11H22N2O/c1-8(2)9-5-10(6-9)13(4)11(14)7-12-3/h8-10,12H,5-7H2,1-4H3. The maximum absolute atomic E-state index is 11.5. The lowest BCUT2D eigenvalue weighted by molar-refractivity contribution is -0.133. The number of amides is 1. The van der Waals surface area contributed by atoms with Crippen molar-refractivity contribution in [2.45, 2.75) is 32.7 Å². The molecule has 1 aliphatic rings. The third-order valence-corrected chi connectivity index (χ3v) is 3.36. The first-order valence-electron chi connectivity index (χ1n) is 5.46. The lowest BCUT2D eigenvalue weighted by Crippen LogP contribution is -2.48. The molecule has 0 atom stereocenters. The second-order valence-electron chi connectivity index (χ2n) is 4.66. The van der Waals surface area contributed by atoms with Crippen molar-refractivity contribution in [2.24, 2.45) is 11.8 Å². The Labute approximate surface area is 86.9 Å². The van der Waals surface area contributed by atoms with Crippen molar-refractivity contribution in [1.82, 2.24) is 10.2 Å². The van der Waals surface area contributed by atoms with Gasteiger partial charge in [0.15, 0.2) is 0 Å². The van der Waals surface area contributed by atoms with E-state index in [0.717, 1.165) is 11.8 Å². The van der Waals surface area contributed by atoms with Crippen LogP contribution in [0.5, 0.6) is 0 Å². The van der Waals surface area contributed by atoms with Crippen molar-refractivity contribution >= 4 is 5.91 Å². The summed E-state index contributed by atoms with van der Waals surface area (Å²) in [5.74, 6) is 1.79. The number of nitrogens with zero attached hydrogens (tertiary/aromatic N) is 1. The molecule has 1 fully saturated rings. The number of hydrogen-bond donors (Lipinski definition) is 1. The zero-order chi connectivity index (χ0) is 10.7. The van der Waals surface area contributed by atoms with E-state index in [4.69, 9.17) is 0 Å². The molecule has 14 heavy (non-hydrogen) atoms. The van der Waals surface area contributed by atoms with Gasteiger partial charge < -0.3 is 10.2 Å².